The second-order valence-electron chi connectivity index (χ2n) is 43.7. The third-order valence-corrected chi connectivity index (χ3v) is 31.2. The molecule has 135 heavy (non-hydrogen) atoms. The van der Waals surface area contributed by atoms with Crippen molar-refractivity contribution in [2.24, 2.45) is 0 Å². The molecule has 7 heteroatoms. The number of rotatable bonds is 10. The highest BCUT2D eigenvalue weighted by atomic mass is 15.1. The fourth-order valence-electron chi connectivity index (χ4n) is 24.7. The van der Waals surface area contributed by atoms with Crippen molar-refractivity contribution < 1.29 is 0 Å². The first-order chi connectivity index (χ1) is 65.3. The number of hydrogen-bond donors (Lipinski definition) is 0. The third-order valence-electron chi connectivity index (χ3n) is 31.2. The highest BCUT2D eigenvalue weighted by Gasteiger charge is 2.37. The van der Waals surface area contributed by atoms with Crippen LogP contribution in [0.4, 0.5) is 17.1 Å². The summed E-state index contributed by atoms with van der Waals surface area (Å²) in [6, 6.07) is 134. The Hall–Kier alpha value is -15.4. The maximum Gasteiger partial charge on any atom is 0.0634 e. The molecule has 18 aromatic carbocycles. The quantitative estimate of drug-likeness (QED) is 0.134. The molecule has 0 unspecified atom stereocenters. The van der Waals surface area contributed by atoms with Gasteiger partial charge in [0.2, 0.25) is 0 Å². The minimum atomic E-state index is -0.294. The Morgan fingerprint density at radius 3 is 1.04 bits per heavy atom. The van der Waals surface area contributed by atoms with Crippen molar-refractivity contribution in [1.82, 2.24) is 26.7 Å². The number of aromatic nitrogens is 6. The molecule has 648 valence electrons. The van der Waals surface area contributed by atoms with Gasteiger partial charge in [0.1, 0.15) is 0 Å². The van der Waals surface area contributed by atoms with Crippen LogP contribution in [-0.2, 0) is 33.5 Å². The van der Waals surface area contributed by atoms with Crippen LogP contribution >= 0.6 is 0 Å². The SMILES string of the molecule is CC(C)(C)c1ccc(N(c2ccc(C(C)(C)Cc3ccc4c5c6c7ccccc7n7c8c(-c9ccccc9)c9c%10cc%11c(c%12ccccc%12n%11-c%11ccccc%11)c%11c%12ccccc%12n(c9c(-c9ccccc9)c8c(cc5n(-c5ccccc5)c4c3)c67)c%10%11)cc2)c2ccc3c4cc(C(C)(C)C)cc5c6cc7c(cc6n(c3c2)c45)c2cc(C(C)(C)C)cc3c4cc(C(C)(C)C)ccc4n7c32)cc1. The van der Waals surface area contributed by atoms with Crippen LogP contribution in [0.3, 0.4) is 0 Å². The summed E-state index contributed by atoms with van der Waals surface area (Å²) < 4.78 is 15.7. The smallest absolute Gasteiger partial charge is 0.0634 e. The topological polar surface area (TPSA) is 30.7 Å². The zero-order valence-electron chi connectivity index (χ0n) is 78.7. The summed E-state index contributed by atoms with van der Waals surface area (Å²) in [7, 11) is 0. The Labute approximate surface area is 782 Å². The van der Waals surface area contributed by atoms with Gasteiger partial charge in [-0.1, -0.05) is 297 Å². The summed E-state index contributed by atoms with van der Waals surface area (Å²) in [4.78, 5) is 2.50. The lowest BCUT2D eigenvalue weighted by atomic mass is 9.79. The molecule has 0 N–H and O–H groups in total. The van der Waals surface area contributed by atoms with Gasteiger partial charge in [0.15, 0.2) is 0 Å². The summed E-state index contributed by atoms with van der Waals surface area (Å²) in [5.74, 6) is 0. The number of para-hydroxylation sites is 5. The molecule has 10 heterocycles. The zero-order valence-corrected chi connectivity index (χ0v) is 78.7. The van der Waals surface area contributed by atoms with E-state index in [-0.39, 0.29) is 27.1 Å². The molecule has 0 atom stereocenters. The van der Waals surface area contributed by atoms with E-state index >= 15 is 0 Å². The lowest BCUT2D eigenvalue weighted by molar-refractivity contribution is 0.522. The maximum absolute atomic E-state index is 2.70. The average Bonchev–Trinajstić information content (AvgIpc) is 1.48. The van der Waals surface area contributed by atoms with Crippen molar-refractivity contribution in [2.45, 2.75) is 130 Å². The van der Waals surface area contributed by atoms with Crippen molar-refractivity contribution >= 4 is 213 Å². The van der Waals surface area contributed by atoms with Gasteiger partial charge < -0.3 is 31.6 Å². The first-order valence-corrected chi connectivity index (χ1v) is 48.3. The highest BCUT2D eigenvalue weighted by Crippen LogP contribution is 2.59. The molecule has 7 nitrogen and oxygen atoms in total. The Morgan fingerprint density at radius 1 is 0.200 bits per heavy atom. The first-order valence-electron chi connectivity index (χ1n) is 48.3. The Bertz CT molecular complexity index is 9910. The Kier molecular flexibility index (Phi) is 15.6. The highest BCUT2D eigenvalue weighted by molar-refractivity contribution is 6.44. The molecule has 0 saturated heterocycles. The molecular weight excluding hydrogens is 1640 g/mol. The molecule has 0 aliphatic carbocycles. The van der Waals surface area contributed by atoms with Gasteiger partial charge in [-0.3, -0.25) is 0 Å². The summed E-state index contributed by atoms with van der Waals surface area (Å²) in [5, 5.41) is 25.4. The number of anilines is 3. The standard InChI is InChI=1S/C128H101N7/c1-124(2,3)76-48-53-83(54-49-76)129(85-57-59-86-94-63-79(126(7,8)9)65-96-93-68-106-92(69-107(93)133(118(94)96)105(86)67-85)97-66-80(127(10,11)12)64-95-91-62-78(125(4,5)6)52-60-103(91)132(106)119(95)97)84-55-50-77(51-56-84)128(13,14)72-73-47-58-90-104(61-73)131(82-39-25-18-26-40-82)109-71-99-117-111(75-35-21-16-22-36-75)122-116(110(74-33-19-15-20-34-74)123(117)135-102-46-32-29-43-89(102)115(113(90)109)121(99)135)98-70-108-112(114-88-42-28-31-45-101(88)134(122)120(98)114)87-41-27-30-44-100(87)130(108)81-37-23-17-24-38-81/h15-71H,72H2,1-14H3. The van der Waals surface area contributed by atoms with Crippen LogP contribution < -0.4 is 4.90 Å². The van der Waals surface area contributed by atoms with Gasteiger partial charge in [0.05, 0.1) is 88.3 Å². The number of benzene rings is 18. The predicted molar refractivity (Wildman–Crippen MR) is 577 cm³/mol. The summed E-state index contributed by atoms with van der Waals surface area (Å²) >= 11 is 0. The molecule has 0 aliphatic rings. The molecule has 10 aromatic heterocycles. The Balaban J connectivity index is 0.626. The van der Waals surface area contributed by atoms with Crippen molar-refractivity contribution in [3.05, 3.63) is 379 Å². The number of nitrogens with zero attached hydrogens (tertiary/aromatic N) is 7. The van der Waals surface area contributed by atoms with E-state index in [0.717, 1.165) is 34.9 Å². The van der Waals surface area contributed by atoms with Crippen molar-refractivity contribution in [1.29, 1.82) is 0 Å². The van der Waals surface area contributed by atoms with Crippen molar-refractivity contribution in [2.75, 3.05) is 4.90 Å². The molecule has 0 fully saturated rings. The van der Waals surface area contributed by atoms with Gasteiger partial charge in [-0.2, -0.15) is 0 Å². The van der Waals surface area contributed by atoms with Gasteiger partial charge in [0, 0.05) is 147 Å². The van der Waals surface area contributed by atoms with Gasteiger partial charge in [-0.25, -0.2) is 0 Å². The van der Waals surface area contributed by atoms with Crippen LogP contribution in [-0.4, -0.2) is 26.7 Å². The van der Waals surface area contributed by atoms with Crippen LogP contribution in [0.25, 0.3) is 230 Å². The second kappa shape index (κ2) is 27.0. The van der Waals surface area contributed by atoms with Gasteiger partial charge >= 0.3 is 0 Å². The normalized spacial score (nSPS) is 13.3. The van der Waals surface area contributed by atoms with Gasteiger partial charge in [0.25, 0.3) is 0 Å². The van der Waals surface area contributed by atoms with Crippen LogP contribution in [0, 0.1) is 0 Å². The minimum absolute atomic E-state index is 0.0120. The second-order valence-corrected chi connectivity index (χ2v) is 43.7. The van der Waals surface area contributed by atoms with E-state index in [1.165, 1.54) is 252 Å². The van der Waals surface area contributed by atoms with Crippen molar-refractivity contribution in [3.63, 3.8) is 0 Å². The average molecular weight is 1740 g/mol. The van der Waals surface area contributed by atoms with E-state index in [4.69, 9.17) is 0 Å². The third kappa shape index (κ3) is 10.7. The molecule has 0 saturated carbocycles. The predicted octanol–water partition coefficient (Wildman–Crippen LogP) is 35.0. The molecule has 0 amide bonds. The lowest BCUT2D eigenvalue weighted by Crippen LogP contribution is -2.21. The van der Waals surface area contributed by atoms with Crippen LogP contribution in [0.15, 0.2) is 346 Å². The van der Waals surface area contributed by atoms with Gasteiger partial charge in [-0.05, 0) is 224 Å². The molecule has 28 aromatic rings. The van der Waals surface area contributed by atoms with Crippen LogP contribution in [0.1, 0.15) is 130 Å². The zero-order chi connectivity index (χ0) is 91.0. The van der Waals surface area contributed by atoms with E-state index in [2.05, 4.69) is 474 Å². The summed E-state index contributed by atoms with van der Waals surface area (Å²) in [6.07, 6.45) is 0.806. The van der Waals surface area contributed by atoms with E-state index in [9.17, 15) is 0 Å². The maximum atomic E-state index is 2.70. The Morgan fingerprint density at radius 2 is 0.556 bits per heavy atom. The minimum Gasteiger partial charge on any atom is -0.310 e. The van der Waals surface area contributed by atoms with Gasteiger partial charge in [-0.15, -0.1) is 0 Å². The number of fused-ring (bicyclic) bond motifs is 32. The van der Waals surface area contributed by atoms with E-state index in [1.54, 1.807) is 0 Å². The number of hydrogen-bond acceptors (Lipinski definition) is 1. The lowest BCUT2D eigenvalue weighted by Gasteiger charge is -2.29. The fraction of sp³-hybridized carbons (Fsp3) is 0.156. The van der Waals surface area contributed by atoms with E-state index < -0.39 is 0 Å². The summed E-state index contributed by atoms with van der Waals surface area (Å²) in [5.41, 5.74) is 37.5. The first kappa shape index (κ1) is 78.2. The molecule has 0 aliphatic heterocycles. The van der Waals surface area contributed by atoms with E-state index in [0.29, 0.717) is 0 Å². The van der Waals surface area contributed by atoms with Crippen LogP contribution in [0.5, 0.6) is 0 Å². The van der Waals surface area contributed by atoms with E-state index in [1.807, 2.05) is 0 Å². The molecular formula is C128H101N7. The fourth-order valence-corrected chi connectivity index (χ4v) is 24.7. The van der Waals surface area contributed by atoms with Crippen molar-refractivity contribution in [3.8, 4) is 33.6 Å². The molecule has 0 bridgehead atoms. The molecule has 0 spiro atoms. The van der Waals surface area contributed by atoms with Crippen LogP contribution in [0.2, 0.25) is 0 Å². The molecule has 28 rings (SSSR count). The molecule has 0 radical (unpaired) electrons. The largest absolute Gasteiger partial charge is 0.310 e. The monoisotopic (exact) mass is 1740 g/mol. The summed E-state index contributed by atoms with van der Waals surface area (Å²) in [6.45, 7) is 33.0.